The van der Waals surface area contributed by atoms with Gasteiger partial charge in [0.1, 0.15) is 19.6 Å². The van der Waals surface area contributed by atoms with Crippen LogP contribution in [0.15, 0.2) is 47.1 Å². The molecular weight excluding hydrogens is 251 g/mol. The summed E-state index contributed by atoms with van der Waals surface area (Å²) in [6, 6.07) is 13.2. The highest BCUT2D eigenvalue weighted by molar-refractivity contribution is 6.32. The Morgan fingerprint density at radius 2 is 2.10 bits per heavy atom. The van der Waals surface area contributed by atoms with Crippen molar-refractivity contribution in [3.05, 3.63) is 48.2 Å². The van der Waals surface area contributed by atoms with Gasteiger partial charge in [-0.2, -0.15) is 10.2 Å². The third-order valence-corrected chi connectivity index (χ3v) is 2.81. The number of pyridine rings is 1. The van der Waals surface area contributed by atoms with Crippen LogP contribution < -0.4 is 5.46 Å². The third-order valence-electron chi connectivity index (χ3n) is 2.81. The van der Waals surface area contributed by atoms with Crippen LogP contribution in [0.3, 0.4) is 0 Å². The van der Waals surface area contributed by atoms with E-state index in [2.05, 4.69) is 15.1 Å². The second kappa shape index (κ2) is 4.98. The molecule has 20 heavy (non-hydrogen) atoms. The molecule has 0 aliphatic rings. The molecule has 0 saturated heterocycles. The Morgan fingerprint density at radius 1 is 1.20 bits per heavy atom. The molecule has 94 valence electrons. The van der Waals surface area contributed by atoms with Gasteiger partial charge in [0.15, 0.2) is 0 Å². The van der Waals surface area contributed by atoms with Crippen molar-refractivity contribution >= 4 is 13.3 Å². The molecule has 0 saturated carbocycles. The summed E-state index contributed by atoms with van der Waals surface area (Å²) in [6.45, 7) is 0. The predicted molar refractivity (Wildman–Crippen MR) is 75.9 cm³/mol. The Balaban J connectivity index is 1.95. The summed E-state index contributed by atoms with van der Waals surface area (Å²) in [7, 11) is 2.00. The fourth-order valence-corrected chi connectivity index (χ4v) is 1.82. The van der Waals surface area contributed by atoms with Crippen LogP contribution in [0.1, 0.15) is 5.56 Å². The molecule has 2 heterocycles. The van der Waals surface area contributed by atoms with Crippen molar-refractivity contribution in [2.24, 2.45) is 0 Å². The lowest BCUT2D eigenvalue weighted by Crippen LogP contribution is -2.00. The maximum Gasteiger partial charge on any atom is 0.258 e. The summed E-state index contributed by atoms with van der Waals surface area (Å²) in [4.78, 5) is 8.46. The van der Waals surface area contributed by atoms with E-state index in [4.69, 9.17) is 9.78 Å². The molecule has 5 nitrogen and oxygen atoms in total. The average molecular weight is 260 g/mol. The van der Waals surface area contributed by atoms with Crippen LogP contribution in [0, 0.1) is 11.3 Å². The monoisotopic (exact) mass is 260 g/mol. The van der Waals surface area contributed by atoms with E-state index in [1.807, 2.05) is 38.2 Å². The highest BCUT2D eigenvalue weighted by Gasteiger charge is 2.11. The largest absolute Gasteiger partial charge is 0.334 e. The number of rotatable bonds is 2. The quantitative estimate of drug-likeness (QED) is 0.640. The Bertz CT molecular complexity index is 789. The van der Waals surface area contributed by atoms with Gasteiger partial charge in [-0.05, 0) is 18.2 Å². The molecule has 0 bridgehead atoms. The Labute approximate surface area is 116 Å². The standard InChI is InChI=1S/C14H9BN4O/c15-11-3-1-2-10(6-11)14-18-13(19-20-14)12-5-4-9(7-16)8-17-12/h1-6,8H,15H2. The SMILES string of the molecule is Bc1cccc(-c2nc(-c3ccc(C#N)cn3)no2)c1. The van der Waals surface area contributed by atoms with Crippen LogP contribution in [-0.2, 0) is 0 Å². The van der Waals surface area contributed by atoms with Gasteiger partial charge in [0.05, 0.1) is 5.56 Å². The minimum atomic E-state index is 0.408. The molecule has 0 amide bonds. The molecule has 0 radical (unpaired) electrons. The Hall–Kier alpha value is -2.94. The molecule has 2 aromatic heterocycles. The van der Waals surface area contributed by atoms with Crippen molar-refractivity contribution in [1.29, 1.82) is 5.26 Å². The Kier molecular flexibility index (Phi) is 3.02. The number of nitriles is 1. The van der Waals surface area contributed by atoms with E-state index in [0.29, 0.717) is 23.0 Å². The Morgan fingerprint density at radius 3 is 2.80 bits per heavy atom. The lowest BCUT2D eigenvalue weighted by molar-refractivity contribution is 0.432. The summed E-state index contributed by atoms with van der Waals surface area (Å²) in [6.07, 6.45) is 1.48. The second-order valence-corrected chi connectivity index (χ2v) is 4.34. The summed E-state index contributed by atoms with van der Waals surface area (Å²) in [5.74, 6) is 0.862. The first-order chi connectivity index (χ1) is 9.76. The smallest absolute Gasteiger partial charge is 0.258 e. The van der Waals surface area contributed by atoms with Gasteiger partial charge in [0, 0.05) is 11.8 Å². The number of nitrogens with zero attached hydrogens (tertiary/aromatic N) is 4. The van der Waals surface area contributed by atoms with E-state index in [9.17, 15) is 0 Å². The zero-order valence-corrected chi connectivity index (χ0v) is 10.7. The second-order valence-electron chi connectivity index (χ2n) is 4.34. The fraction of sp³-hybridized carbons (Fsp3) is 0. The lowest BCUT2D eigenvalue weighted by atomic mass is 9.94. The topological polar surface area (TPSA) is 75.6 Å². The van der Waals surface area contributed by atoms with Crippen LogP contribution in [-0.4, -0.2) is 23.0 Å². The minimum absolute atomic E-state index is 0.408. The van der Waals surface area contributed by atoms with Crippen LogP contribution in [0.4, 0.5) is 0 Å². The zero-order chi connectivity index (χ0) is 13.9. The maximum absolute atomic E-state index is 8.74. The molecule has 6 heteroatoms. The zero-order valence-electron chi connectivity index (χ0n) is 10.7. The molecule has 0 fully saturated rings. The van der Waals surface area contributed by atoms with Crippen molar-refractivity contribution in [1.82, 2.24) is 15.1 Å². The van der Waals surface area contributed by atoms with E-state index < -0.39 is 0 Å². The van der Waals surface area contributed by atoms with Crippen LogP contribution in [0.2, 0.25) is 0 Å². The van der Waals surface area contributed by atoms with Gasteiger partial charge in [0.25, 0.3) is 5.89 Å². The first-order valence-electron chi connectivity index (χ1n) is 6.03. The van der Waals surface area contributed by atoms with E-state index in [0.717, 1.165) is 11.0 Å². The summed E-state index contributed by atoms with van der Waals surface area (Å²) in [5, 5.41) is 12.7. The van der Waals surface area contributed by atoms with E-state index in [-0.39, 0.29) is 0 Å². The van der Waals surface area contributed by atoms with Crippen LogP contribution >= 0.6 is 0 Å². The molecule has 0 aliphatic carbocycles. The van der Waals surface area contributed by atoms with E-state index in [1.54, 1.807) is 12.1 Å². The van der Waals surface area contributed by atoms with Gasteiger partial charge in [-0.1, -0.05) is 28.8 Å². The first-order valence-corrected chi connectivity index (χ1v) is 6.03. The van der Waals surface area contributed by atoms with E-state index in [1.165, 1.54) is 6.20 Å². The summed E-state index contributed by atoms with van der Waals surface area (Å²) >= 11 is 0. The maximum atomic E-state index is 8.74. The van der Waals surface area contributed by atoms with Gasteiger partial charge in [-0.15, -0.1) is 0 Å². The normalized spacial score (nSPS) is 10.2. The summed E-state index contributed by atoms with van der Waals surface area (Å²) in [5.41, 5.74) is 3.07. The highest BCUT2D eigenvalue weighted by Crippen LogP contribution is 2.20. The van der Waals surface area contributed by atoms with Crippen molar-refractivity contribution in [3.8, 4) is 29.0 Å². The van der Waals surface area contributed by atoms with Crippen molar-refractivity contribution in [2.45, 2.75) is 0 Å². The van der Waals surface area contributed by atoms with Crippen molar-refractivity contribution < 1.29 is 4.52 Å². The van der Waals surface area contributed by atoms with Gasteiger partial charge in [-0.3, -0.25) is 4.98 Å². The molecule has 0 unspecified atom stereocenters. The average Bonchev–Trinajstić information content (AvgIpc) is 2.97. The number of hydrogen-bond donors (Lipinski definition) is 0. The van der Waals surface area contributed by atoms with Crippen molar-refractivity contribution in [2.75, 3.05) is 0 Å². The fourth-order valence-electron chi connectivity index (χ4n) is 1.82. The van der Waals surface area contributed by atoms with Gasteiger partial charge in [-0.25, -0.2) is 0 Å². The van der Waals surface area contributed by atoms with E-state index >= 15 is 0 Å². The molecule has 0 N–H and O–H groups in total. The molecule has 0 aliphatic heterocycles. The number of hydrogen-bond acceptors (Lipinski definition) is 5. The van der Waals surface area contributed by atoms with Gasteiger partial charge >= 0.3 is 0 Å². The third kappa shape index (κ3) is 2.29. The van der Waals surface area contributed by atoms with Crippen LogP contribution in [0.25, 0.3) is 23.0 Å². The molecule has 3 rings (SSSR count). The molecule has 0 spiro atoms. The first kappa shape index (κ1) is 12.1. The number of aromatic nitrogens is 3. The molecule has 1 aromatic carbocycles. The molecular formula is C14H9BN4O. The summed E-state index contributed by atoms with van der Waals surface area (Å²) < 4.78 is 5.25. The molecule has 0 atom stereocenters. The van der Waals surface area contributed by atoms with Gasteiger partial charge < -0.3 is 4.52 Å². The molecule has 3 aromatic rings. The van der Waals surface area contributed by atoms with Crippen molar-refractivity contribution in [3.63, 3.8) is 0 Å². The number of benzene rings is 1. The van der Waals surface area contributed by atoms with Crippen LogP contribution in [0.5, 0.6) is 0 Å². The highest BCUT2D eigenvalue weighted by atomic mass is 16.5. The minimum Gasteiger partial charge on any atom is -0.334 e. The lowest BCUT2D eigenvalue weighted by Gasteiger charge is -1.95. The van der Waals surface area contributed by atoms with Gasteiger partial charge in [0.2, 0.25) is 5.82 Å². The predicted octanol–water partition coefficient (Wildman–Crippen LogP) is 0.929.